The Morgan fingerprint density at radius 1 is 0.949 bits per heavy atom. The number of aromatic hydroxyl groups is 1. The summed E-state index contributed by atoms with van der Waals surface area (Å²) < 4.78 is 16.5. The van der Waals surface area contributed by atoms with Gasteiger partial charge in [0.05, 0.1) is 12.7 Å². The molecule has 3 aromatic rings. The normalized spacial score (nSPS) is 18.8. The standard InChI is InChI=1S/C32H31NO6/c1-20-29(32(36)39-16-15-38-24-11-7-4-8-12-24)30(22-13-14-28(37-2)26(34)18-22)31-25(33-20)17-23(19-27(31)35)21-9-5-3-6-10-21/h3-14,18,23,30,33-34H,15-17,19H2,1-2H3. The minimum absolute atomic E-state index is 0.0336. The molecule has 0 aromatic heterocycles. The number of carbonyl (C=O) groups excluding carboxylic acids is 2. The number of methoxy groups -OCH3 is 1. The fourth-order valence-corrected chi connectivity index (χ4v) is 5.38. The van der Waals surface area contributed by atoms with E-state index in [-0.39, 0.29) is 30.7 Å². The summed E-state index contributed by atoms with van der Waals surface area (Å²) in [4.78, 5) is 27.2. The lowest BCUT2D eigenvalue weighted by Crippen LogP contribution is -2.36. The molecule has 0 fully saturated rings. The number of phenols is 1. The molecule has 5 rings (SSSR count). The molecular formula is C32H31NO6. The van der Waals surface area contributed by atoms with E-state index in [1.54, 1.807) is 18.2 Å². The molecular weight excluding hydrogens is 494 g/mol. The summed E-state index contributed by atoms with van der Waals surface area (Å²) in [7, 11) is 1.47. The monoisotopic (exact) mass is 525 g/mol. The van der Waals surface area contributed by atoms with Gasteiger partial charge in [0.25, 0.3) is 0 Å². The van der Waals surface area contributed by atoms with Crippen molar-refractivity contribution in [1.29, 1.82) is 0 Å². The van der Waals surface area contributed by atoms with E-state index in [0.717, 1.165) is 11.3 Å². The van der Waals surface area contributed by atoms with Crippen LogP contribution in [0.1, 0.15) is 42.7 Å². The van der Waals surface area contributed by atoms with Gasteiger partial charge in [-0.05, 0) is 54.7 Å². The molecule has 0 radical (unpaired) electrons. The van der Waals surface area contributed by atoms with E-state index in [1.807, 2.05) is 67.6 Å². The van der Waals surface area contributed by atoms with Gasteiger partial charge in [-0.3, -0.25) is 4.79 Å². The summed E-state index contributed by atoms with van der Waals surface area (Å²) in [6.07, 6.45) is 0.962. The van der Waals surface area contributed by atoms with Gasteiger partial charge in [0.15, 0.2) is 17.3 Å². The van der Waals surface area contributed by atoms with E-state index in [1.165, 1.54) is 7.11 Å². The fourth-order valence-electron chi connectivity index (χ4n) is 5.38. The SMILES string of the molecule is COc1ccc(C2C(C(=O)OCCOc3ccccc3)=C(C)NC3=C2C(=O)CC(c2ccccc2)C3)cc1O. The summed E-state index contributed by atoms with van der Waals surface area (Å²) in [6, 6.07) is 24.2. The molecule has 0 amide bonds. The van der Waals surface area contributed by atoms with Gasteiger partial charge in [0.2, 0.25) is 0 Å². The summed E-state index contributed by atoms with van der Waals surface area (Å²) in [5.41, 5.74) is 3.99. The zero-order valence-electron chi connectivity index (χ0n) is 22.0. The lowest BCUT2D eigenvalue weighted by Gasteiger charge is -2.36. The van der Waals surface area contributed by atoms with Crippen molar-refractivity contribution in [2.75, 3.05) is 20.3 Å². The van der Waals surface area contributed by atoms with Gasteiger partial charge in [0.1, 0.15) is 19.0 Å². The minimum Gasteiger partial charge on any atom is -0.504 e. The van der Waals surface area contributed by atoms with Crippen LogP contribution in [-0.4, -0.2) is 37.2 Å². The number of allylic oxidation sites excluding steroid dienone is 3. The molecule has 3 aromatic carbocycles. The summed E-state index contributed by atoms with van der Waals surface area (Å²) in [5.74, 6) is -0.308. The zero-order chi connectivity index (χ0) is 27.4. The van der Waals surface area contributed by atoms with E-state index < -0.39 is 11.9 Å². The number of phenolic OH excluding ortho intramolecular Hbond substituents is 1. The first-order valence-corrected chi connectivity index (χ1v) is 13.0. The Bertz CT molecular complexity index is 1430. The van der Waals surface area contributed by atoms with E-state index in [4.69, 9.17) is 14.2 Å². The van der Waals surface area contributed by atoms with Crippen molar-refractivity contribution in [2.45, 2.75) is 31.6 Å². The molecule has 2 N–H and O–H groups in total. The molecule has 7 heteroatoms. The maximum absolute atomic E-state index is 13.7. The van der Waals surface area contributed by atoms with Crippen LogP contribution < -0.4 is 14.8 Å². The highest BCUT2D eigenvalue weighted by molar-refractivity contribution is 6.04. The Morgan fingerprint density at radius 2 is 1.67 bits per heavy atom. The molecule has 0 saturated carbocycles. The number of rotatable bonds is 8. The Morgan fingerprint density at radius 3 is 2.36 bits per heavy atom. The van der Waals surface area contributed by atoms with Crippen LogP contribution in [-0.2, 0) is 14.3 Å². The van der Waals surface area contributed by atoms with Gasteiger partial charge in [-0.15, -0.1) is 0 Å². The Hall–Kier alpha value is -4.52. The van der Waals surface area contributed by atoms with Gasteiger partial charge in [-0.1, -0.05) is 54.6 Å². The number of carbonyl (C=O) groups is 2. The van der Waals surface area contributed by atoms with Crippen LogP contribution >= 0.6 is 0 Å². The largest absolute Gasteiger partial charge is 0.504 e. The molecule has 2 aliphatic rings. The Kier molecular flexibility index (Phi) is 7.68. The highest BCUT2D eigenvalue weighted by Gasteiger charge is 2.41. The summed E-state index contributed by atoms with van der Waals surface area (Å²) in [5, 5.41) is 13.9. The van der Waals surface area contributed by atoms with E-state index >= 15 is 0 Å². The molecule has 200 valence electrons. The van der Waals surface area contributed by atoms with Crippen molar-refractivity contribution < 1.29 is 28.9 Å². The number of ketones is 1. The molecule has 0 saturated heterocycles. The van der Waals surface area contributed by atoms with Crippen LogP contribution in [0.3, 0.4) is 0 Å². The fraction of sp³-hybridized carbons (Fsp3) is 0.250. The molecule has 7 nitrogen and oxygen atoms in total. The van der Waals surface area contributed by atoms with Gasteiger partial charge in [-0.25, -0.2) is 4.79 Å². The van der Waals surface area contributed by atoms with Crippen molar-refractivity contribution in [1.82, 2.24) is 5.32 Å². The van der Waals surface area contributed by atoms with Crippen LogP contribution in [0.25, 0.3) is 0 Å². The maximum atomic E-state index is 13.7. The summed E-state index contributed by atoms with van der Waals surface area (Å²) >= 11 is 0. The van der Waals surface area contributed by atoms with Crippen molar-refractivity contribution in [3.05, 3.63) is 113 Å². The number of Topliss-reactive ketones (excluding diaryl/α,β-unsaturated/α-hetero) is 1. The third-order valence-corrected chi connectivity index (χ3v) is 7.18. The number of esters is 1. The van der Waals surface area contributed by atoms with Crippen molar-refractivity contribution >= 4 is 11.8 Å². The van der Waals surface area contributed by atoms with Crippen LogP contribution in [0.2, 0.25) is 0 Å². The smallest absolute Gasteiger partial charge is 0.336 e. The quantitative estimate of drug-likeness (QED) is 0.301. The minimum atomic E-state index is -0.690. The van der Waals surface area contributed by atoms with Crippen LogP contribution in [0, 0.1) is 0 Å². The van der Waals surface area contributed by atoms with Crippen molar-refractivity contribution in [3.63, 3.8) is 0 Å². The Labute approximate surface area is 227 Å². The van der Waals surface area contributed by atoms with Gasteiger partial charge in [-0.2, -0.15) is 0 Å². The van der Waals surface area contributed by atoms with Gasteiger partial charge < -0.3 is 24.6 Å². The number of ether oxygens (including phenoxy) is 3. The molecule has 0 bridgehead atoms. The third kappa shape index (κ3) is 5.53. The lowest BCUT2D eigenvalue weighted by atomic mass is 9.71. The predicted octanol–water partition coefficient (Wildman–Crippen LogP) is 5.38. The number of hydrogen-bond acceptors (Lipinski definition) is 7. The number of benzene rings is 3. The molecule has 2 unspecified atom stereocenters. The summed E-state index contributed by atoms with van der Waals surface area (Å²) in [6.45, 7) is 2.05. The number of nitrogens with one attached hydrogen (secondary N) is 1. The third-order valence-electron chi connectivity index (χ3n) is 7.18. The lowest BCUT2D eigenvalue weighted by molar-refractivity contribution is -0.140. The second kappa shape index (κ2) is 11.5. The van der Waals surface area contributed by atoms with Crippen molar-refractivity contribution in [2.24, 2.45) is 0 Å². The average Bonchev–Trinajstić information content (AvgIpc) is 2.95. The van der Waals surface area contributed by atoms with E-state index in [9.17, 15) is 14.7 Å². The molecule has 1 aliphatic carbocycles. The Balaban J connectivity index is 1.44. The van der Waals surface area contributed by atoms with Gasteiger partial charge in [0, 0.05) is 29.3 Å². The first-order valence-electron chi connectivity index (χ1n) is 13.0. The topological polar surface area (TPSA) is 94.1 Å². The zero-order valence-corrected chi connectivity index (χ0v) is 22.0. The average molecular weight is 526 g/mol. The highest BCUT2D eigenvalue weighted by atomic mass is 16.6. The van der Waals surface area contributed by atoms with Crippen LogP contribution in [0.4, 0.5) is 0 Å². The van der Waals surface area contributed by atoms with Crippen molar-refractivity contribution in [3.8, 4) is 17.2 Å². The molecule has 2 atom stereocenters. The molecule has 1 heterocycles. The van der Waals surface area contributed by atoms with E-state index in [0.29, 0.717) is 46.7 Å². The maximum Gasteiger partial charge on any atom is 0.336 e. The highest BCUT2D eigenvalue weighted by Crippen LogP contribution is 2.46. The first kappa shape index (κ1) is 26.1. The number of dihydropyridines is 1. The molecule has 39 heavy (non-hydrogen) atoms. The number of hydrogen-bond donors (Lipinski definition) is 2. The van der Waals surface area contributed by atoms with E-state index in [2.05, 4.69) is 5.32 Å². The molecule has 0 spiro atoms. The number of para-hydroxylation sites is 1. The first-order chi connectivity index (χ1) is 19.0. The second-order valence-corrected chi connectivity index (χ2v) is 9.66. The van der Waals surface area contributed by atoms with Gasteiger partial charge >= 0.3 is 5.97 Å². The van der Waals surface area contributed by atoms with Crippen LogP contribution in [0.15, 0.2) is 101 Å². The molecule has 1 aliphatic heterocycles. The predicted molar refractivity (Wildman–Crippen MR) is 147 cm³/mol. The van der Waals surface area contributed by atoms with Crippen LogP contribution in [0.5, 0.6) is 17.2 Å². The second-order valence-electron chi connectivity index (χ2n) is 9.66.